The zero-order valence-electron chi connectivity index (χ0n) is 20.6. The average molecular weight is 491 g/mol. The first-order valence-corrected chi connectivity index (χ1v) is 12.3. The zero-order valence-corrected chi connectivity index (χ0v) is 20.6. The van der Waals surface area contributed by atoms with Crippen LogP contribution in [-0.2, 0) is 20.5 Å². The van der Waals surface area contributed by atoms with Gasteiger partial charge in [0.1, 0.15) is 0 Å². The number of ether oxygens (including phenoxy) is 2. The minimum absolute atomic E-state index is 0.130. The smallest absolute Gasteiger partial charge is 0.419 e. The van der Waals surface area contributed by atoms with Crippen molar-refractivity contribution in [2.24, 2.45) is 5.41 Å². The normalized spacial score (nSPS) is 12.0. The number of halogens is 4. The Hall–Kier alpha value is -2.12. The molecule has 1 aromatic carbocycles. The molecule has 8 heteroatoms. The van der Waals surface area contributed by atoms with Gasteiger partial charge in [-0.2, -0.15) is 13.2 Å². The van der Waals surface area contributed by atoms with Crippen LogP contribution in [0.1, 0.15) is 103 Å². The van der Waals surface area contributed by atoms with Crippen LogP contribution >= 0.6 is 0 Å². The maximum absolute atomic E-state index is 14.1. The van der Waals surface area contributed by atoms with Crippen LogP contribution in [0.4, 0.5) is 17.6 Å². The maximum atomic E-state index is 14.1. The van der Waals surface area contributed by atoms with Crippen LogP contribution in [0.2, 0.25) is 0 Å². The summed E-state index contributed by atoms with van der Waals surface area (Å²) in [4.78, 5) is 24.7. The summed E-state index contributed by atoms with van der Waals surface area (Å²) in [5.41, 5.74) is -3.34. The van der Waals surface area contributed by atoms with Crippen molar-refractivity contribution in [1.29, 1.82) is 0 Å². The maximum Gasteiger partial charge on any atom is 0.419 e. The van der Waals surface area contributed by atoms with Gasteiger partial charge in [-0.3, -0.25) is 9.59 Å². The van der Waals surface area contributed by atoms with E-state index in [1.807, 2.05) is 0 Å². The summed E-state index contributed by atoms with van der Waals surface area (Å²) in [6.45, 7) is 4.80. The van der Waals surface area contributed by atoms with E-state index in [1.165, 1.54) is 65.2 Å². The fourth-order valence-electron chi connectivity index (χ4n) is 3.41. The lowest BCUT2D eigenvalue weighted by Gasteiger charge is -2.21. The predicted molar refractivity (Wildman–Crippen MR) is 123 cm³/mol. The molecule has 0 atom stereocenters. The Balaban J connectivity index is 2.30. The molecule has 34 heavy (non-hydrogen) atoms. The standard InChI is InChI=1S/C26H38F4O4/c1-4-5-6-7-8-9-10-11-12-13-14-15-19-33-23(31)25(2,3)24(32)34-21-18-16-17-20(22(21)27)26(28,29)30/h16-18H,4-15,19H2,1-3H3. The minimum atomic E-state index is -4.94. The Morgan fingerprint density at radius 2 is 1.29 bits per heavy atom. The van der Waals surface area contributed by atoms with Crippen LogP contribution < -0.4 is 4.74 Å². The zero-order chi connectivity index (χ0) is 25.6. The van der Waals surface area contributed by atoms with Crippen molar-refractivity contribution in [2.75, 3.05) is 6.61 Å². The van der Waals surface area contributed by atoms with E-state index in [-0.39, 0.29) is 6.61 Å². The molecule has 0 bridgehead atoms. The van der Waals surface area contributed by atoms with Crippen LogP contribution in [0.5, 0.6) is 5.75 Å². The molecule has 194 valence electrons. The summed E-state index contributed by atoms with van der Waals surface area (Å²) >= 11 is 0. The van der Waals surface area contributed by atoms with Crippen molar-refractivity contribution in [3.8, 4) is 5.75 Å². The molecule has 0 spiro atoms. The second-order valence-electron chi connectivity index (χ2n) is 9.15. The van der Waals surface area contributed by atoms with E-state index in [2.05, 4.69) is 6.92 Å². The molecule has 0 heterocycles. The molecule has 0 aliphatic heterocycles. The second kappa shape index (κ2) is 15.0. The van der Waals surface area contributed by atoms with E-state index in [0.29, 0.717) is 12.5 Å². The number of esters is 2. The first kappa shape index (κ1) is 29.9. The van der Waals surface area contributed by atoms with E-state index in [9.17, 15) is 27.2 Å². The third kappa shape index (κ3) is 10.4. The molecular formula is C26H38F4O4. The van der Waals surface area contributed by atoms with E-state index >= 15 is 0 Å². The lowest BCUT2D eigenvalue weighted by Crippen LogP contribution is -2.38. The number of carbonyl (C=O) groups excluding carboxylic acids is 2. The first-order chi connectivity index (χ1) is 16.0. The van der Waals surface area contributed by atoms with Crippen LogP contribution in [0.3, 0.4) is 0 Å². The number of carbonyl (C=O) groups is 2. The van der Waals surface area contributed by atoms with Gasteiger partial charge >= 0.3 is 18.1 Å². The van der Waals surface area contributed by atoms with Crippen molar-refractivity contribution < 1.29 is 36.6 Å². The Morgan fingerprint density at radius 3 is 1.79 bits per heavy atom. The minimum Gasteiger partial charge on any atom is -0.465 e. The molecule has 0 saturated carbocycles. The highest BCUT2D eigenvalue weighted by Gasteiger charge is 2.41. The lowest BCUT2D eigenvalue weighted by molar-refractivity contribution is -0.165. The third-order valence-electron chi connectivity index (χ3n) is 5.72. The lowest BCUT2D eigenvalue weighted by atomic mass is 9.94. The molecule has 0 fully saturated rings. The van der Waals surface area contributed by atoms with Crippen molar-refractivity contribution >= 4 is 11.9 Å². The molecular weight excluding hydrogens is 452 g/mol. The van der Waals surface area contributed by atoms with Gasteiger partial charge in [-0.1, -0.05) is 83.6 Å². The van der Waals surface area contributed by atoms with Crippen LogP contribution in [0.15, 0.2) is 18.2 Å². The number of rotatable bonds is 16. The summed E-state index contributed by atoms with van der Waals surface area (Å²) < 4.78 is 62.5. The molecule has 1 rings (SSSR count). The van der Waals surface area contributed by atoms with Gasteiger partial charge in [0.2, 0.25) is 0 Å². The van der Waals surface area contributed by atoms with Crippen molar-refractivity contribution in [3.05, 3.63) is 29.6 Å². The number of hydrogen-bond acceptors (Lipinski definition) is 4. The Kier molecular flexibility index (Phi) is 13.2. The highest BCUT2D eigenvalue weighted by atomic mass is 19.4. The largest absolute Gasteiger partial charge is 0.465 e. The summed E-state index contributed by atoms with van der Waals surface area (Å²) in [5.74, 6) is -4.65. The van der Waals surface area contributed by atoms with Crippen molar-refractivity contribution in [3.63, 3.8) is 0 Å². The van der Waals surface area contributed by atoms with Crippen molar-refractivity contribution in [1.82, 2.24) is 0 Å². The number of unbranched alkanes of at least 4 members (excludes halogenated alkanes) is 11. The van der Waals surface area contributed by atoms with Gasteiger partial charge in [-0.15, -0.1) is 0 Å². The molecule has 0 amide bonds. The van der Waals surface area contributed by atoms with Gasteiger partial charge in [0.25, 0.3) is 0 Å². The van der Waals surface area contributed by atoms with Crippen LogP contribution in [0, 0.1) is 11.2 Å². The topological polar surface area (TPSA) is 52.6 Å². The monoisotopic (exact) mass is 490 g/mol. The molecule has 0 aliphatic rings. The predicted octanol–water partition coefficient (Wildman–Crippen LogP) is 8.02. The van der Waals surface area contributed by atoms with Crippen LogP contribution in [0.25, 0.3) is 0 Å². The molecule has 0 N–H and O–H groups in total. The molecule has 0 aromatic heterocycles. The summed E-state index contributed by atoms with van der Waals surface area (Å²) in [6, 6.07) is 2.37. The van der Waals surface area contributed by atoms with Gasteiger partial charge in [0, 0.05) is 0 Å². The average Bonchev–Trinajstić information content (AvgIpc) is 2.77. The van der Waals surface area contributed by atoms with Gasteiger partial charge in [-0.05, 0) is 32.4 Å². The van der Waals surface area contributed by atoms with Gasteiger partial charge in [0.15, 0.2) is 17.0 Å². The number of benzene rings is 1. The molecule has 0 radical (unpaired) electrons. The van der Waals surface area contributed by atoms with Gasteiger partial charge < -0.3 is 9.47 Å². The quantitative estimate of drug-likeness (QED) is 0.0774. The van der Waals surface area contributed by atoms with Crippen LogP contribution in [-0.4, -0.2) is 18.5 Å². The van der Waals surface area contributed by atoms with Crippen molar-refractivity contribution in [2.45, 2.75) is 104 Å². The van der Waals surface area contributed by atoms with E-state index in [4.69, 9.17) is 9.47 Å². The van der Waals surface area contributed by atoms with Gasteiger partial charge in [0.05, 0.1) is 12.2 Å². The summed E-state index contributed by atoms with van der Waals surface area (Å²) in [7, 11) is 0. The Morgan fingerprint density at radius 1 is 0.794 bits per heavy atom. The second-order valence-corrected chi connectivity index (χ2v) is 9.15. The van der Waals surface area contributed by atoms with E-state index in [0.717, 1.165) is 31.4 Å². The Labute approximate surface area is 200 Å². The molecule has 0 saturated heterocycles. The van der Waals surface area contributed by atoms with E-state index < -0.39 is 40.7 Å². The summed E-state index contributed by atoms with van der Waals surface area (Å²) in [6.07, 6.45) is 9.00. The number of hydrogen-bond donors (Lipinski definition) is 0. The fraction of sp³-hybridized carbons (Fsp3) is 0.692. The molecule has 1 aromatic rings. The Bertz CT molecular complexity index is 760. The van der Waals surface area contributed by atoms with Gasteiger partial charge in [-0.25, -0.2) is 4.39 Å². The first-order valence-electron chi connectivity index (χ1n) is 12.3. The third-order valence-corrected chi connectivity index (χ3v) is 5.72. The molecule has 4 nitrogen and oxygen atoms in total. The summed E-state index contributed by atoms with van der Waals surface area (Å²) in [5, 5.41) is 0. The highest BCUT2D eigenvalue weighted by molar-refractivity contribution is 5.99. The highest BCUT2D eigenvalue weighted by Crippen LogP contribution is 2.35. The molecule has 0 unspecified atom stereocenters. The van der Waals surface area contributed by atoms with E-state index in [1.54, 1.807) is 0 Å². The number of alkyl halides is 3. The fourth-order valence-corrected chi connectivity index (χ4v) is 3.41. The molecule has 0 aliphatic carbocycles. The SMILES string of the molecule is CCCCCCCCCCCCCCOC(=O)C(C)(C)C(=O)Oc1cccc(C(F)(F)F)c1F.